The minimum absolute atomic E-state index is 0.713. The predicted octanol–water partition coefficient (Wildman–Crippen LogP) is 4.89. The van der Waals surface area contributed by atoms with E-state index in [9.17, 15) is 0 Å². The van der Waals surface area contributed by atoms with Gasteiger partial charge in [-0.25, -0.2) is 0 Å². The fourth-order valence-electron chi connectivity index (χ4n) is 2.45. The van der Waals surface area contributed by atoms with E-state index in [1.165, 1.54) is 15.8 Å². The van der Waals surface area contributed by atoms with Gasteiger partial charge in [-0.3, -0.25) is 0 Å². The van der Waals surface area contributed by atoms with Gasteiger partial charge in [0.05, 0.1) is 0 Å². The van der Waals surface area contributed by atoms with Crippen LogP contribution >= 0.6 is 11.3 Å². The molecular formula is C18H19NOS. The van der Waals surface area contributed by atoms with Gasteiger partial charge in [-0.1, -0.05) is 36.4 Å². The summed E-state index contributed by atoms with van der Waals surface area (Å²) in [4.78, 5) is 1.28. The predicted molar refractivity (Wildman–Crippen MR) is 90.5 cm³/mol. The molecule has 108 valence electrons. The molecule has 0 aliphatic carbocycles. The van der Waals surface area contributed by atoms with Crippen LogP contribution in [0.15, 0.2) is 47.8 Å². The number of aryl methyl sites for hydroxylation is 2. The molecule has 2 N–H and O–H groups in total. The topological polar surface area (TPSA) is 35.2 Å². The molecule has 0 radical (unpaired) electrons. The summed E-state index contributed by atoms with van der Waals surface area (Å²) < 4.78 is 6.26. The fraction of sp³-hybridized carbons (Fsp3) is 0.222. The monoisotopic (exact) mass is 297 g/mol. The summed E-state index contributed by atoms with van der Waals surface area (Å²) in [6, 6.07) is 14.5. The molecule has 2 nitrogen and oxygen atoms in total. The molecule has 0 aliphatic rings. The number of nitrogens with two attached hydrogens (primary N) is 1. The van der Waals surface area contributed by atoms with Gasteiger partial charge in [-0.05, 0) is 43.1 Å². The van der Waals surface area contributed by atoms with Crippen LogP contribution < -0.4 is 10.5 Å². The lowest BCUT2D eigenvalue weighted by atomic mass is 10.1. The molecule has 1 heterocycles. The molecule has 21 heavy (non-hydrogen) atoms. The van der Waals surface area contributed by atoms with E-state index in [2.05, 4.69) is 36.6 Å². The van der Waals surface area contributed by atoms with Crippen LogP contribution in [0.4, 0.5) is 0 Å². The first kappa shape index (κ1) is 14.1. The zero-order valence-electron chi connectivity index (χ0n) is 12.1. The Kier molecular flexibility index (Phi) is 4.23. The SMILES string of the molecule is Cc1csc(CCCN)c1Oc1cccc2ccccc12. The molecular weight excluding hydrogens is 278 g/mol. The third-order valence-electron chi connectivity index (χ3n) is 3.56. The summed E-state index contributed by atoms with van der Waals surface area (Å²) in [6.07, 6.45) is 1.97. The second kappa shape index (κ2) is 6.29. The van der Waals surface area contributed by atoms with Gasteiger partial charge in [0.1, 0.15) is 11.5 Å². The summed E-state index contributed by atoms with van der Waals surface area (Å²) in [6.45, 7) is 2.81. The molecule has 3 rings (SSSR count). The molecule has 3 heteroatoms. The van der Waals surface area contributed by atoms with Crippen LogP contribution in [0.25, 0.3) is 10.8 Å². The van der Waals surface area contributed by atoms with Gasteiger partial charge in [-0.2, -0.15) is 0 Å². The quantitative estimate of drug-likeness (QED) is 0.727. The zero-order chi connectivity index (χ0) is 14.7. The molecule has 0 spiro atoms. The fourth-order valence-corrected chi connectivity index (χ4v) is 3.45. The highest BCUT2D eigenvalue weighted by molar-refractivity contribution is 7.10. The second-order valence-corrected chi connectivity index (χ2v) is 6.11. The number of hydrogen-bond donors (Lipinski definition) is 1. The molecule has 2 aromatic carbocycles. The summed E-state index contributed by atoms with van der Waals surface area (Å²) in [7, 11) is 0. The molecule has 0 saturated carbocycles. The lowest BCUT2D eigenvalue weighted by Gasteiger charge is -2.11. The first-order valence-corrected chi connectivity index (χ1v) is 8.10. The minimum atomic E-state index is 0.713. The van der Waals surface area contributed by atoms with Gasteiger partial charge in [0, 0.05) is 15.8 Å². The van der Waals surface area contributed by atoms with Crippen molar-refractivity contribution in [1.29, 1.82) is 0 Å². The van der Waals surface area contributed by atoms with Crippen molar-refractivity contribution >= 4 is 22.1 Å². The number of hydrogen-bond acceptors (Lipinski definition) is 3. The van der Waals surface area contributed by atoms with E-state index in [4.69, 9.17) is 10.5 Å². The smallest absolute Gasteiger partial charge is 0.144 e. The van der Waals surface area contributed by atoms with Crippen LogP contribution in [0.1, 0.15) is 16.9 Å². The van der Waals surface area contributed by atoms with Crippen molar-refractivity contribution in [3.8, 4) is 11.5 Å². The highest BCUT2D eigenvalue weighted by Crippen LogP contribution is 2.37. The first-order chi connectivity index (χ1) is 10.3. The van der Waals surface area contributed by atoms with Gasteiger partial charge >= 0.3 is 0 Å². The first-order valence-electron chi connectivity index (χ1n) is 7.22. The maximum atomic E-state index is 6.26. The van der Waals surface area contributed by atoms with Crippen molar-refractivity contribution in [3.63, 3.8) is 0 Å². The Labute approximate surface area is 129 Å². The Morgan fingerprint density at radius 1 is 1.10 bits per heavy atom. The summed E-state index contributed by atoms with van der Waals surface area (Å²) in [5.74, 6) is 1.92. The number of fused-ring (bicyclic) bond motifs is 1. The molecule has 0 fully saturated rings. The standard InChI is InChI=1S/C18H19NOS/c1-13-12-21-17(10-5-11-19)18(13)20-16-9-4-7-14-6-2-3-8-15(14)16/h2-4,6-9,12H,5,10-11,19H2,1H3. The minimum Gasteiger partial charge on any atom is -0.455 e. The second-order valence-electron chi connectivity index (χ2n) is 5.14. The van der Waals surface area contributed by atoms with E-state index in [0.717, 1.165) is 29.7 Å². The Bertz CT molecular complexity index is 743. The Balaban J connectivity index is 1.97. The van der Waals surface area contributed by atoms with E-state index < -0.39 is 0 Å². The van der Waals surface area contributed by atoms with E-state index in [1.54, 1.807) is 11.3 Å². The molecule has 0 bridgehead atoms. The van der Waals surface area contributed by atoms with Crippen molar-refractivity contribution in [2.45, 2.75) is 19.8 Å². The number of benzene rings is 2. The molecule has 0 amide bonds. The third-order valence-corrected chi connectivity index (χ3v) is 4.70. The van der Waals surface area contributed by atoms with Crippen molar-refractivity contribution in [2.75, 3.05) is 6.54 Å². The van der Waals surface area contributed by atoms with Gasteiger partial charge in [-0.15, -0.1) is 11.3 Å². The van der Waals surface area contributed by atoms with Crippen LogP contribution in [-0.4, -0.2) is 6.54 Å². The molecule has 0 atom stereocenters. The Hall–Kier alpha value is -1.84. The van der Waals surface area contributed by atoms with Crippen molar-refractivity contribution in [3.05, 3.63) is 58.3 Å². The summed E-state index contributed by atoms with van der Waals surface area (Å²) in [5, 5.41) is 4.51. The molecule has 0 saturated heterocycles. The lowest BCUT2D eigenvalue weighted by molar-refractivity contribution is 0.480. The lowest BCUT2D eigenvalue weighted by Crippen LogP contribution is -2.00. The molecule has 1 aromatic heterocycles. The molecule has 0 unspecified atom stereocenters. The van der Waals surface area contributed by atoms with E-state index >= 15 is 0 Å². The summed E-state index contributed by atoms with van der Waals surface area (Å²) in [5.41, 5.74) is 6.82. The maximum absolute atomic E-state index is 6.26. The van der Waals surface area contributed by atoms with E-state index in [-0.39, 0.29) is 0 Å². The van der Waals surface area contributed by atoms with Crippen molar-refractivity contribution < 1.29 is 4.74 Å². The average Bonchev–Trinajstić information content (AvgIpc) is 2.86. The zero-order valence-corrected chi connectivity index (χ0v) is 13.0. The maximum Gasteiger partial charge on any atom is 0.144 e. The largest absolute Gasteiger partial charge is 0.455 e. The number of thiophene rings is 1. The average molecular weight is 297 g/mol. The van der Waals surface area contributed by atoms with Gasteiger partial charge in [0.25, 0.3) is 0 Å². The third kappa shape index (κ3) is 2.94. The van der Waals surface area contributed by atoms with Crippen molar-refractivity contribution in [1.82, 2.24) is 0 Å². The van der Waals surface area contributed by atoms with E-state index in [1.807, 2.05) is 18.2 Å². The normalized spacial score (nSPS) is 11.0. The van der Waals surface area contributed by atoms with Crippen LogP contribution in [0.5, 0.6) is 11.5 Å². The van der Waals surface area contributed by atoms with Gasteiger partial charge in [0.2, 0.25) is 0 Å². The van der Waals surface area contributed by atoms with Crippen LogP contribution in [-0.2, 0) is 6.42 Å². The van der Waals surface area contributed by atoms with Crippen LogP contribution in [0.3, 0.4) is 0 Å². The number of ether oxygens (including phenoxy) is 1. The molecule has 3 aromatic rings. The Morgan fingerprint density at radius 3 is 2.76 bits per heavy atom. The Morgan fingerprint density at radius 2 is 1.90 bits per heavy atom. The van der Waals surface area contributed by atoms with Crippen LogP contribution in [0, 0.1) is 6.92 Å². The van der Waals surface area contributed by atoms with Crippen molar-refractivity contribution in [2.24, 2.45) is 5.73 Å². The van der Waals surface area contributed by atoms with Gasteiger partial charge in [0.15, 0.2) is 0 Å². The summed E-state index contributed by atoms with van der Waals surface area (Å²) >= 11 is 1.76. The highest BCUT2D eigenvalue weighted by atomic mass is 32.1. The molecule has 0 aliphatic heterocycles. The highest BCUT2D eigenvalue weighted by Gasteiger charge is 2.12. The van der Waals surface area contributed by atoms with Gasteiger partial charge < -0.3 is 10.5 Å². The van der Waals surface area contributed by atoms with Crippen LogP contribution in [0.2, 0.25) is 0 Å². The number of rotatable bonds is 5. The van der Waals surface area contributed by atoms with E-state index in [0.29, 0.717) is 6.54 Å².